The van der Waals surface area contributed by atoms with Crippen LogP contribution in [0.3, 0.4) is 0 Å². The van der Waals surface area contributed by atoms with E-state index in [9.17, 15) is 15.0 Å². The molecule has 0 aliphatic carbocycles. The maximum atomic E-state index is 11.1. The van der Waals surface area contributed by atoms with Crippen molar-refractivity contribution in [1.29, 1.82) is 0 Å². The molecule has 0 aliphatic rings. The molecule has 2 aromatic carbocycles. The van der Waals surface area contributed by atoms with E-state index < -0.39 is 18.2 Å². The lowest BCUT2D eigenvalue weighted by Gasteiger charge is -2.24. The predicted molar refractivity (Wildman–Crippen MR) is 90.0 cm³/mol. The van der Waals surface area contributed by atoms with Crippen LogP contribution in [-0.2, 0) is 16.1 Å². The number of aliphatic hydroxyl groups is 1. The number of carbonyl (C=O) groups excluding carboxylic acids is 1. The first-order chi connectivity index (χ1) is 11.6. The number of aliphatic carboxylic acids is 1. The molecule has 0 unspecified atom stereocenters. The molecule has 24 heavy (non-hydrogen) atoms. The average molecular weight is 328 g/mol. The molecule has 5 heteroatoms. The van der Waals surface area contributed by atoms with Gasteiger partial charge in [-0.25, -0.2) is 0 Å². The minimum atomic E-state index is -1.42. The summed E-state index contributed by atoms with van der Waals surface area (Å²) in [5.74, 6) is -1.42. The highest BCUT2D eigenvalue weighted by molar-refractivity contribution is 5.71. The molecule has 2 atom stereocenters. The summed E-state index contributed by atoms with van der Waals surface area (Å²) in [5, 5.41) is 24.4. The van der Waals surface area contributed by atoms with Crippen LogP contribution in [-0.4, -0.2) is 30.8 Å². The maximum Gasteiger partial charge on any atom is 0.127 e. The monoisotopic (exact) mass is 328 g/mol. The molecule has 0 fully saturated rings. The van der Waals surface area contributed by atoms with Gasteiger partial charge in [0.25, 0.3) is 0 Å². The van der Waals surface area contributed by atoms with E-state index in [1.54, 1.807) is 19.1 Å². The highest BCUT2D eigenvalue weighted by Crippen LogP contribution is 2.25. The van der Waals surface area contributed by atoms with Crippen molar-refractivity contribution in [3.05, 3.63) is 59.7 Å². The van der Waals surface area contributed by atoms with Gasteiger partial charge in [0.15, 0.2) is 0 Å². The van der Waals surface area contributed by atoms with Crippen molar-refractivity contribution < 1.29 is 19.7 Å². The van der Waals surface area contributed by atoms with Gasteiger partial charge in [0, 0.05) is 13.2 Å². The van der Waals surface area contributed by atoms with Crippen LogP contribution in [0.1, 0.15) is 24.2 Å². The Morgan fingerprint density at radius 1 is 1.21 bits per heavy atom. The minimum Gasteiger partial charge on any atom is -0.547 e. The number of hydrogen-bond acceptors (Lipinski definition) is 5. The number of rotatable bonds is 8. The highest BCUT2D eigenvalue weighted by Gasteiger charge is 2.22. The van der Waals surface area contributed by atoms with Crippen molar-refractivity contribution in [1.82, 2.24) is 5.32 Å². The van der Waals surface area contributed by atoms with Crippen LogP contribution in [0.2, 0.25) is 0 Å². The Bertz CT molecular complexity index is 669. The summed E-state index contributed by atoms with van der Waals surface area (Å²) in [4.78, 5) is 11.1. The zero-order valence-electron chi connectivity index (χ0n) is 13.9. The fourth-order valence-corrected chi connectivity index (χ4v) is 2.58. The van der Waals surface area contributed by atoms with Crippen molar-refractivity contribution in [2.75, 3.05) is 13.7 Å². The van der Waals surface area contributed by atoms with Crippen LogP contribution < -0.4 is 10.4 Å². The van der Waals surface area contributed by atoms with Crippen molar-refractivity contribution in [3.63, 3.8) is 0 Å². The summed E-state index contributed by atoms with van der Waals surface area (Å²) >= 11 is 0. The first-order valence-electron chi connectivity index (χ1n) is 7.91. The van der Waals surface area contributed by atoms with Gasteiger partial charge in [0.2, 0.25) is 0 Å². The number of hydrogen-bond donors (Lipinski definition) is 2. The Labute approximate surface area is 141 Å². The second-order valence-corrected chi connectivity index (χ2v) is 5.49. The lowest BCUT2D eigenvalue weighted by atomic mass is 9.98. The topological polar surface area (TPSA) is 81.6 Å². The van der Waals surface area contributed by atoms with Crippen LogP contribution in [0.25, 0.3) is 11.1 Å². The molecule has 0 saturated heterocycles. The van der Waals surface area contributed by atoms with Crippen LogP contribution in [0.5, 0.6) is 0 Å². The number of benzene rings is 2. The third kappa shape index (κ3) is 4.41. The zero-order valence-corrected chi connectivity index (χ0v) is 13.9. The van der Waals surface area contributed by atoms with E-state index in [0.717, 1.165) is 17.7 Å². The van der Waals surface area contributed by atoms with Crippen LogP contribution >= 0.6 is 0 Å². The third-order valence-corrected chi connectivity index (χ3v) is 3.76. The number of carbonyl (C=O) groups is 1. The van der Waals surface area contributed by atoms with Gasteiger partial charge in [-0.05, 0) is 42.3 Å². The first kappa shape index (κ1) is 18.1. The van der Waals surface area contributed by atoms with Gasteiger partial charge in [-0.2, -0.15) is 0 Å². The van der Waals surface area contributed by atoms with Crippen molar-refractivity contribution in [3.8, 4) is 11.1 Å². The minimum absolute atomic E-state index is 0.187. The second-order valence-electron chi connectivity index (χ2n) is 5.49. The quantitative estimate of drug-likeness (QED) is 0.762. The Hall–Kier alpha value is -2.21. The number of nitrogens with one attached hydrogen (secondary N) is 1. The molecule has 2 aromatic rings. The molecule has 0 amide bonds. The number of carboxylic acid groups (broad SMARTS) is 1. The van der Waals surface area contributed by atoms with E-state index in [2.05, 4.69) is 11.4 Å². The standard InChI is InChI=1S/C19H23NO4/c1-3-24-18(19(22)23)17(21)15-9-7-14(8-10-15)16-6-4-5-13(11-16)12-20-2/h4-11,17-18,20-21H,3,12H2,1-2H3,(H,22,23)/p-1/t17-,18+/m1/s1. The first-order valence-corrected chi connectivity index (χ1v) is 7.91. The number of aliphatic hydroxyl groups excluding tert-OH is 1. The van der Waals surface area contributed by atoms with Crippen molar-refractivity contribution in [2.24, 2.45) is 0 Å². The molecule has 128 valence electrons. The molecule has 0 spiro atoms. The molecule has 0 aliphatic heterocycles. The van der Waals surface area contributed by atoms with E-state index in [4.69, 9.17) is 4.74 Å². The van der Waals surface area contributed by atoms with Crippen LogP contribution in [0.15, 0.2) is 48.5 Å². The molecule has 0 saturated carbocycles. The predicted octanol–water partition coefficient (Wildman–Crippen LogP) is 1.26. The Balaban J connectivity index is 2.21. The van der Waals surface area contributed by atoms with Crippen molar-refractivity contribution >= 4 is 5.97 Å². The molecule has 0 bridgehead atoms. The summed E-state index contributed by atoms with van der Waals surface area (Å²) in [6, 6.07) is 15.3. The van der Waals surface area contributed by atoms with Crippen molar-refractivity contribution in [2.45, 2.75) is 25.7 Å². The van der Waals surface area contributed by atoms with E-state index in [0.29, 0.717) is 5.56 Å². The van der Waals surface area contributed by atoms with Gasteiger partial charge in [-0.15, -0.1) is 0 Å². The van der Waals surface area contributed by atoms with E-state index in [-0.39, 0.29) is 6.61 Å². The van der Waals surface area contributed by atoms with Crippen LogP contribution in [0.4, 0.5) is 0 Å². The molecule has 5 nitrogen and oxygen atoms in total. The Morgan fingerprint density at radius 3 is 2.50 bits per heavy atom. The van der Waals surface area contributed by atoms with Gasteiger partial charge in [-0.3, -0.25) is 0 Å². The summed E-state index contributed by atoms with van der Waals surface area (Å²) in [6.45, 7) is 2.64. The average Bonchev–Trinajstić information content (AvgIpc) is 2.59. The molecule has 0 heterocycles. The molecule has 2 rings (SSSR count). The van der Waals surface area contributed by atoms with Gasteiger partial charge in [0.05, 0.1) is 5.97 Å². The van der Waals surface area contributed by atoms with Gasteiger partial charge in [-0.1, -0.05) is 42.5 Å². The highest BCUT2D eigenvalue weighted by atomic mass is 16.5. The second kappa shape index (κ2) is 8.59. The van der Waals surface area contributed by atoms with Gasteiger partial charge >= 0.3 is 0 Å². The molecule has 0 radical (unpaired) electrons. The normalized spacial score (nSPS) is 13.5. The largest absolute Gasteiger partial charge is 0.547 e. The Kier molecular flexibility index (Phi) is 6.49. The van der Waals surface area contributed by atoms with Gasteiger partial charge in [0.1, 0.15) is 12.2 Å². The van der Waals surface area contributed by atoms with E-state index >= 15 is 0 Å². The molecular weight excluding hydrogens is 306 g/mol. The molecular formula is C19H22NO4-. The fourth-order valence-electron chi connectivity index (χ4n) is 2.58. The smallest absolute Gasteiger partial charge is 0.127 e. The number of ether oxygens (including phenoxy) is 1. The lowest BCUT2D eigenvalue weighted by Crippen LogP contribution is -2.41. The zero-order chi connectivity index (χ0) is 17.5. The fraction of sp³-hybridized carbons (Fsp3) is 0.316. The third-order valence-electron chi connectivity index (χ3n) is 3.76. The van der Waals surface area contributed by atoms with Gasteiger partial charge < -0.3 is 25.1 Å². The summed E-state index contributed by atoms with van der Waals surface area (Å²) < 4.78 is 5.06. The summed E-state index contributed by atoms with van der Waals surface area (Å²) in [7, 11) is 1.90. The Morgan fingerprint density at radius 2 is 1.92 bits per heavy atom. The van der Waals surface area contributed by atoms with E-state index in [1.165, 1.54) is 5.56 Å². The van der Waals surface area contributed by atoms with Crippen LogP contribution in [0, 0.1) is 0 Å². The SMILES string of the molecule is CCO[C@H](C(=O)[O-])[C@H](O)c1ccc(-c2cccc(CNC)c2)cc1. The maximum absolute atomic E-state index is 11.1. The van der Waals surface area contributed by atoms with E-state index in [1.807, 2.05) is 37.4 Å². The molecule has 2 N–H and O–H groups in total. The lowest BCUT2D eigenvalue weighted by molar-refractivity contribution is -0.320. The number of carboxylic acids is 1. The summed E-state index contributed by atoms with van der Waals surface area (Å²) in [5.41, 5.74) is 3.70. The molecule has 0 aromatic heterocycles. The summed E-state index contributed by atoms with van der Waals surface area (Å²) in [6.07, 6.45) is -2.64.